The fourth-order valence-corrected chi connectivity index (χ4v) is 5.15. The number of nitro groups is 1. The van der Waals surface area contributed by atoms with Crippen molar-refractivity contribution >= 4 is 51.5 Å². The number of ether oxygens (including phenoxy) is 2. The van der Waals surface area contributed by atoms with Crippen molar-refractivity contribution in [1.29, 1.82) is 0 Å². The summed E-state index contributed by atoms with van der Waals surface area (Å²) in [6, 6.07) is 3.48. The smallest absolute Gasteiger partial charge is 0.345 e. The Labute approximate surface area is 199 Å². The highest BCUT2D eigenvalue weighted by Crippen LogP contribution is 2.40. The minimum Gasteiger partial charge on any atom is -0.462 e. The molecule has 3 rings (SSSR count). The van der Waals surface area contributed by atoms with Gasteiger partial charge in [0.05, 0.1) is 17.1 Å². The first-order chi connectivity index (χ1) is 15.6. The standard InChI is InChI=1S/C22H23ClN2O7S/c1-4-31-22(28)18-14-7-5-11(2)9-17(14)33-20(18)24-19(26)12(3)32-21(27)15-10-13(23)6-8-16(15)25(29)30/h6,8,10-12H,4-5,7,9H2,1-3H3,(H,24,26)/t11-,12-/m1/s1. The molecule has 1 aromatic heterocycles. The van der Waals surface area contributed by atoms with Crippen LogP contribution in [0.4, 0.5) is 10.7 Å². The molecule has 0 bridgehead atoms. The Bertz CT molecular complexity index is 1110. The van der Waals surface area contributed by atoms with E-state index >= 15 is 0 Å². The molecule has 0 unspecified atom stereocenters. The number of thiophene rings is 1. The largest absolute Gasteiger partial charge is 0.462 e. The molecule has 0 saturated heterocycles. The number of amides is 1. The molecule has 1 aliphatic carbocycles. The Morgan fingerprint density at radius 2 is 2.06 bits per heavy atom. The molecule has 9 nitrogen and oxygen atoms in total. The number of carbonyl (C=O) groups is 3. The van der Waals surface area contributed by atoms with Crippen LogP contribution in [-0.2, 0) is 27.1 Å². The molecule has 0 fully saturated rings. The summed E-state index contributed by atoms with van der Waals surface area (Å²) in [5.41, 5.74) is 0.369. The van der Waals surface area contributed by atoms with Crippen molar-refractivity contribution < 1.29 is 28.8 Å². The summed E-state index contributed by atoms with van der Waals surface area (Å²) in [6.45, 7) is 5.36. The molecule has 0 spiro atoms. The Morgan fingerprint density at radius 3 is 2.73 bits per heavy atom. The molecular weight excluding hydrogens is 472 g/mol. The molecule has 0 radical (unpaired) electrons. The Morgan fingerprint density at radius 1 is 1.33 bits per heavy atom. The second-order valence-corrected chi connectivity index (χ2v) is 9.27. The van der Waals surface area contributed by atoms with Gasteiger partial charge in [0.2, 0.25) is 0 Å². The lowest BCUT2D eigenvalue weighted by Crippen LogP contribution is -2.30. The van der Waals surface area contributed by atoms with Crippen molar-refractivity contribution in [1.82, 2.24) is 0 Å². The van der Waals surface area contributed by atoms with Gasteiger partial charge in [0.15, 0.2) is 6.10 Å². The highest BCUT2D eigenvalue weighted by atomic mass is 35.5. The van der Waals surface area contributed by atoms with Gasteiger partial charge in [-0.2, -0.15) is 0 Å². The predicted octanol–water partition coefficient (Wildman–Crippen LogP) is 4.80. The van der Waals surface area contributed by atoms with Gasteiger partial charge in [-0.25, -0.2) is 9.59 Å². The maximum absolute atomic E-state index is 12.8. The maximum Gasteiger partial charge on any atom is 0.345 e. The van der Waals surface area contributed by atoms with E-state index in [1.807, 2.05) is 0 Å². The molecule has 176 valence electrons. The summed E-state index contributed by atoms with van der Waals surface area (Å²) >= 11 is 7.16. The number of nitro benzene ring substituents is 1. The lowest BCUT2D eigenvalue weighted by molar-refractivity contribution is -0.385. The Kier molecular flexibility index (Phi) is 7.70. The third kappa shape index (κ3) is 5.51. The second kappa shape index (κ2) is 10.3. The number of benzene rings is 1. The van der Waals surface area contributed by atoms with Gasteiger partial charge in [-0.15, -0.1) is 11.3 Å². The van der Waals surface area contributed by atoms with Crippen molar-refractivity contribution in [3.63, 3.8) is 0 Å². The quantitative estimate of drug-likeness (QED) is 0.333. The third-order valence-electron chi connectivity index (χ3n) is 5.26. The van der Waals surface area contributed by atoms with Crippen molar-refractivity contribution in [3.05, 3.63) is 54.9 Å². The minimum absolute atomic E-state index is 0.113. The molecule has 2 aromatic rings. The maximum atomic E-state index is 12.8. The lowest BCUT2D eigenvalue weighted by atomic mass is 9.88. The van der Waals surface area contributed by atoms with Crippen LogP contribution in [0, 0.1) is 16.0 Å². The van der Waals surface area contributed by atoms with Crippen LogP contribution in [0.1, 0.15) is 58.3 Å². The zero-order valence-electron chi connectivity index (χ0n) is 18.3. The SMILES string of the molecule is CCOC(=O)c1c(NC(=O)[C@@H](C)OC(=O)c2cc(Cl)ccc2[N+](=O)[O-])sc2c1CC[C@@H](C)C2. The van der Waals surface area contributed by atoms with Crippen LogP contribution in [0.5, 0.6) is 0 Å². The third-order valence-corrected chi connectivity index (χ3v) is 6.66. The molecule has 1 N–H and O–H groups in total. The summed E-state index contributed by atoms with van der Waals surface area (Å²) in [6.07, 6.45) is 1.14. The van der Waals surface area contributed by atoms with Gasteiger partial charge in [-0.05, 0) is 56.7 Å². The molecule has 0 aliphatic heterocycles. The van der Waals surface area contributed by atoms with Gasteiger partial charge in [-0.3, -0.25) is 14.9 Å². The Hall–Kier alpha value is -2.98. The van der Waals surface area contributed by atoms with E-state index in [-0.39, 0.29) is 17.2 Å². The van der Waals surface area contributed by atoms with Crippen molar-refractivity contribution in [2.75, 3.05) is 11.9 Å². The monoisotopic (exact) mass is 494 g/mol. The van der Waals surface area contributed by atoms with Crippen molar-refractivity contribution in [2.24, 2.45) is 5.92 Å². The highest BCUT2D eigenvalue weighted by Gasteiger charge is 2.31. The van der Waals surface area contributed by atoms with Gasteiger partial charge in [0.25, 0.3) is 11.6 Å². The lowest BCUT2D eigenvalue weighted by Gasteiger charge is -2.18. The van der Waals surface area contributed by atoms with Gasteiger partial charge in [0, 0.05) is 16.0 Å². The molecule has 1 amide bonds. The highest BCUT2D eigenvalue weighted by molar-refractivity contribution is 7.17. The van der Waals surface area contributed by atoms with E-state index < -0.39 is 34.6 Å². The zero-order valence-corrected chi connectivity index (χ0v) is 19.9. The first-order valence-corrected chi connectivity index (χ1v) is 11.6. The number of hydrogen-bond acceptors (Lipinski definition) is 8. The number of carbonyl (C=O) groups excluding carboxylic acids is 3. The molecule has 2 atom stereocenters. The molecular formula is C22H23ClN2O7S. The van der Waals surface area contributed by atoms with E-state index in [9.17, 15) is 24.5 Å². The average Bonchev–Trinajstić information content (AvgIpc) is 3.10. The number of hydrogen-bond donors (Lipinski definition) is 1. The van der Waals surface area contributed by atoms with E-state index in [1.54, 1.807) is 6.92 Å². The number of nitrogens with one attached hydrogen (secondary N) is 1. The molecule has 1 heterocycles. The van der Waals surface area contributed by atoms with Crippen LogP contribution in [0.3, 0.4) is 0 Å². The number of esters is 2. The van der Waals surface area contributed by atoms with Crippen LogP contribution in [-0.4, -0.2) is 35.5 Å². The summed E-state index contributed by atoms with van der Waals surface area (Å²) < 4.78 is 10.3. The number of nitrogens with zero attached hydrogens (tertiary/aromatic N) is 1. The van der Waals surface area contributed by atoms with Crippen molar-refractivity contribution in [2.45, 2.75) is 46.1 Å². The molecule has 1 aliphatic rings. The van der Waals surface area contributed by atoms with Crippen LogP contribution in [0.25, 0.3) is 0 Å². The number of halogens is 1. The van der Waals surface area contributed by atoms with E-state index in [1.165, 1.54) is 24.3 Å². The molecule has 1 aromatic carbocycles. The Balaban J connectivity index is 1.80. The topological polar surface area (TPSA) is 125 Å². The van der Waals surface area contributed by atoms with E-state index in [2.05, 4.69) is 12.2 Å². The summed E-state index contributed by atoms with van der Waals surface area (Å²) in [4.78, 5) is 49.4. The van der Waals surface area contributed by atoms with Crippen LogP contribution in [0.15, 0.2) is 18.2 Å². The predicted molar refractivity (Wildman–Crippen MR) is 123 cm³/mol. The fourth-order valence-electron chi connectivity index (χ4n) is 3.58. The van der Waals surface area contributed by atoms with Gasteiger partial charge in [-0.1, -0.05) is 18.5 Å². The molecule has 11 heteroatoms. The average molecular weight is 495 g/mol. The zero-order chi connectivity index (χ0) is 24.3. The number of rotatable bonds is 7. The molecule has 33 heavy (non-hydrogen) atoms. The summed E-state index contributed by atoms with van der Waals surface area (Å²) in [5.74, 6) is -1.79. The van der Waals surface area contributed by atoms with Crippen LogP contribution >= 0.6 is 22.9 Å². The van der Waals surface area contributed by atoms with Gasteiger partial charge in [0.1, 0.15) is 10.6 Å². The molecule has 0 saturated carbocycles. The summed E-state index contributed by atoms with van der Waals surface area (Å²) in [5, 5.41) is 14.3. The van der Waals surface area contributed by atoms with Crippen molar-refractivity contribution in [3.8, 4) is 0 Å². The minimum atomic E-state index is -1.29. The second-order valence-electron chi connectivity index (χ2n) is 7.73. The van der Waals surface area contributed by atoms with Gasteiger partial charge >= 0.3 is 11.9 Å². The first kappa shape index (κ1) is 24.7. The van der Waals surface area contributed by atoms with Crippen LogP contribution < -0.4 is 5.32 Å². The normalized spacial score (nSPS) is 15.8. The first-order valence-electron chi connectivity index (χ1n) is 10.4. The van der Waals surface area contributed by atoms with E-state index in [4.69, 9.17) is 21.1 Å². The fraction of sp³-hybridized carbons (Fsp3) is 0.409. The number of anilines is 1. The van der Waals surface area contributed by atoms with Crippen LogP contribution in [0.2, 0.25) is 5.02 Å². The van der Waals surface area contributed by atoms with E-state index in [0.29, 0.717) is 22.9 Å². The summed E-state index contributed by atoms with van der Waals surface area (Å²) in [7, 11) is 0. The van der Waals surface area contributed by atoms with E-state index in [0.717, 1.165) is 35.4 Å². The van der Waals surface area contributed by atoms with Gasteiger partial charge < -0.3 is 14.8 Å². The number of fused-ring (bicyclic) bond motifs is 1.